The zero-order chi connectivity index (χ0) is 18.8. The maximum atomic E-state index is 12.9. The van der Waals surface area contributed by atoms with Gasteiger partial charge in [-0.3, -0.25) is 4.99 Å². The molecule has 1 unspecified atom stereocenters. The highest BCUT2D eigenvalue weighted by atomic mass is 19.1. The van der Waals surface area contributed by atoms with Crippen LogP contribution in [0.2, 0.25) is 0 Å². The van der Waals surface area contributed by atoms with Gasteiger partial charge in [0.25, 0.3) is 0 Å². The van der Waals surface area contributed by atoms with E-state index in [9.17, 15) is 9.50 Å². The summed E-state index contributed by atoms with van der Waals surface area (Å²) in [5.41, 5.74) is 0. The van der Waals surface area contributed by atoms with E-state index in [-0.39, 0.29) is 19.0 Å². The van der Waals surface area contributed by atoms with Crippen molar-refractivity contribution in [1.29, 1.82) is 0 Å². The predicted octanol–water partition coefficient (Wildman–Crippen LogP) is 1.89. The van der Waals surface area contributed by atoms with Crippen LogP contribution in [0.3, 0.4) is 0 Å². The Bertz CT molecular complexity index is 549. The molecule has 6 nitrogen and oxygen atoms in total. The number of aliphatic imine (C=N–C) groups is 1. The molecule has 2 rings (SSSR count). The Balaban J connectivity index is 1.71. The number of guanidine groups is 1. The molecule has 1 aromatic rings. The maximum absolute atomic E-state index is 12.9. The Morgan fingerprint density at radius 3 is 2.77 bits per heavy atom. The molecule has 0 heterocycles. The standard InChI is InChI=1S/C19H30FN3O3/c1-3-21-19(23(2)10-11-25-13-15-4-5-15)22-12-17(24)14-26-18-8-6-16(20)7-9-18/h6-9,15,17,24H,3-5,10-14H2,1-2H3,(H,21,22). The molecule has 1 aromatic carbocycles. The minimum atomic E-state index is -0.742. The monoisotopic (exact) mass is 367 g/mol. The van der Waals surface area contributed by atoms with Gasteiger partial charge in [0.05, 0.1) is 13.2 Å². The first-order valence-electron chi connectivity index (χ1n) is 9.22. The lowest BCUT2D eigenvalue weighted by molar-refractivity contribution is 0.111. The molecule has 1 saturated carbocycles. The van der Waals surface area contributed by atoms with Gasteiger partial charge in [0, 0.05) is 26.7 Å². The number of hydrogen-bond donors (Lipinski definition) is 2. The Labute approximate surface area is 155 Å². The highest BCUT2D eigenvalue weighted by molar-refractivity contribution is 5.79. The van der Waals surface area contributed by atoms with Gasteiger partial charge in [0.15, 0.2) is 5.96 Å². The SMILES string of the molecule is CCNC(=NCC(O)COc1ccc(F)cc1)N(C)CCOCC1CC1. The largest absolute Gasteiger partial charge is 0.491 e. The number of halogens is 1. The van der Waals surface area contributed by atoms with E-state index in [1.165, 1.54) is 37.1 Å². The van der Waals surface area contributed by atoms with Crippen LogP contribution in [0.25, 0.3) is 0 Å². The summed E-state index contributed by atoms with van der Waals surface area (Å²) in [6.45, 7) is 5.31. The number of aliphatic hydroxyl groups excluding tert-OH is 1. The molecule has 0 radical (unpaired) electrons. The summed E-state index contributed by atoms with van der Waals surface area (Å²) >= 11 is 0. The molecule has 1 fully saturated rings. The molecule has 7 heteroatoms. The van der Waals surface area contributed by atoms with E-state index in [4.69, 9.17) is 9.47 Å². The van der Waals surface area contributed by atoms with E-state index < -0.39 is 6.10 Å². The van der Waals surface area contributed by atoms with Gasteiger partial charge in [-0.1, -0.05) is 0 Å². The van der Waals surface area contributed by atoms with Crippen molar-refractivity contribution in [1.82, 2.24) is 10.2 Å². The molecule has 0 bridgehead atoms. The summed E-state index contributed by atoms with van der Waals surface area (Å²) in [7, 11) is 1.95. The molecular weight excluding hydrogens is 337 g/mol. The molecule has 2 N–H and O–H groups in total. The maximum Gasteiger partial charge on any atom is 0.193 e. The van der Waals surface area contributed by atoms with Gasteiger partial charge in [-0.2, -0.15) is 0 Å². The van der Waals surface area contributed by atoms with E-state index in [1.807, 2.05) is 18.9 Å². The van der Waals surface area contributed by atoms with E-state index in [0.29, 0.717) is 12.4 Å². The second kappa shape index (κ2) is 11.0. The number of ether oxygens (including phenoxy) is 2. The molecule has 0 spiro atoms. The van der Waals surface area contributed by atoms with Crippen LogP contribution >= 0.6 is 0 Å². The quantitative estimate of drug-likeness (QED) is 0.355. The first-order valence-corrected chi connectivity index (χ1v) is 9.22. The van der Waals surface area contributed by atoms with Crippen LogP contribution in [0.15, 0.2) is 29.3 Å². The van der Waals surface area contributed by atoms with Crippen molar-refractivity contribution in [2.75, 3.05) is 46.5 Å². The summed E-state index contributed by atoms with van der Waals surface area (Å²) in [6, 6.07) is 5.71. The minimum Gasteiger partial charge on any atom is -0.491 e. The van der Waals surface area contributed by atoms with E-state index in [1.54, 1.807) is 0 Å². The Hall–Kier alpha value is -1.86. The molecule has 1 aliphatic rings. The fraction of sp³-hybridized carbons (Fsp3) is 0.632. The zero-order valence-electron chi connectivity index (χ0n) is 15.7. The van der Waals surface area contributed by atoms with Gasteiger partial charge >= 0.3 is 0 Å². The third kappa shape index (κ3) is 8.01. The first-order chi connectivity index (χ1) is 12.6. The topological polar surface area (TPSA) is 66.3 Å². The van der Waals surface area contributed by atoms with Gasteiger partial charge in [0.1, 0.15) is 24.3 Å². The van der Waals surface area contributed by atoms with Crippen LogP contribution < -0.4 is 10.1 Å². The molecule has 0 amide bonds. The summed E-state index contributed by atoms with van der Waals surface area (Å²) in [5, 5.41) is 13.3. The van der Waals surface area contributed by atoms with Crippen molar-refractivity contribution in [2.45, 2.75) is 25.9 Å². The molecule has 1 aliphatic carbocycles. The first kappa shape index (κ1) is 20.5. The number of likely N-dealkylation sites (N-methyl/N-ethyl adjacent to an activating group) is 1. The van der Waals surface area contributed by atoms with Gasteiger partial charge in [-0.05, 0) is 49.9 Å². The third-order valence-corrected chi connectivity index (χ3v) is 4.03. The second-order valence-corrected chi connectivity index (χ2v) is 6.55. The van der Waals surface area contributed by atoms with Crippen LogP contribution in [0.5, 0.6) is 5.75 Å². The van der Waals surface area contributed by atoms with Crippen LogP contribution in [0.4, 0.5) is 4.39 Å². The highest BCUT2D eigenvalue weighted by Gasteiger charge is 2.21. The van der Waals surface area contributed by atoms with Crippen molar-refractivity contribution >= 4 is 5.96 Å². The molecule has 1 atom stereocenters. The average Bonchev–Trinajstić information content (AvgIpc) is 3.46. The zero-order valence-corrected chi connectivity index (χ0v) is 15.7. The Kier molecular flexibility index (Phi) is 8.64. The highest BCUT2D eigenvalue weighted by Crippen LogP contribution is 2.28. The predicted molar refractivity (Wildman–Crippen MR) is 100 cm³/mol. The third-order valence-electron chi connectivity index (χ3n) is 4.03. The van der Waals surface area contributed by atoms with Crippen LogP contribution in [-0.4, -0.2) is 68.6 Å². The smallest absolute Gasteiger partial charge is 0.193 e. The number of nitrogens with one attached hydrogen (secondary N) is 1. The van der Waals surface area contributed by atoms with Crippen molar-refractivity contribution in [3.8, 4) is 5.75 Å². The van der Waals surface area contributed by atoms with Gasteiger partial charge < -0.3 is 24.8 Å². The van der Waals surface area contributed by atoms with E-state index >= 15 is 0 Å². The van der Waals surface area contributed by atoms with Gasteiger partial charge in [-0.25, -0.2) is 4.39 Å². The number of nitrogens with zero attached hydrogens (tertiary/aromatic N) is 2. The summed E-state index contributed by atoms with van der Waals surface area (Å²) in [6.07, 6.45) is 1.84. The van der Waals surface area contributed by atoms with Crippen molar-refractivity contribution in [3.05, 3.63) is 30.1 Å². The average molecular weight is 367 g/mol. The minimum absolute atomic E-state index is 0.1000. The lowest BCUT2D eigenvalue weighted by atomic mass is 10.3. The van der Waals surface area contributed by atoms with Crippen LogP contribution in [0, 0.1) is 11.7 Å². The molecular formula is C19H30FN3O3. The number of benzene rings is 1. The van der Waals surface area contributed by atoms with Gasteiger partial charge in [0.2, 0.25) is 0 Å². The lowest BCUT2D eigenvalue weighted by Crippen LogP contribution is -2.41. The number of rotatable bonds is 11. The molecule has 26 heavy (non-hydrogen) atoms. The summed E-state index contributed by atoms with van der Waals surface area (Å²) in [4.78, 5) is 6.44. The van der Waals surface area contributed by atoms with E-state index in [0.717, 1.165) is 31.6 Å². The fourth-order valence-corrected chi connectivity index (χ4v) is 2.28. The summed E-state index contributed by atoms with van der Waals surface area (Å²) < 4.78 is 24.0. The normalized spacial score (nSPS) is 15.6. The molecule has 0 saturated heterocycles. The second-order valence-electron chi connectivity index (χ2n) is 6.55. The van der Waals surface area contributed by atoms with Crippen LogP contribution in [-0.2, 0) is 4.74 Å². The molecule has 0 aliphatic heterocycles. The number of hydrogen-bond acceptors (Lipinski definition) is 4. The van der Waals surface area contributed by atoms with Crippen molar-refractivity contribution < 1.29 is 19.0 Å². The van der Waals surface area contributed by atoms with E-state index in [2.05, 4.69) is 10.3 Å². The summed E-state index contributed by atoms with van der Waals surface area (Å²) in [5.74, 6) is 1.69. The Morgan fingerprint density at radius 1 is 1.38 bits per heavy atom. The van der Waals surface area contributed by atoms with Crippen LogP contribution in [0.1, 0.15) is 19.8 Å². The number of aliphatic hydroxyl groups is 1. The van der Waals surface area contributed by atoms with Crippen molar-refractivity contribution in [3.63, 3.8) is 0 Å². The fourth-order valence-electron chi connectivity index (χ4n) is 2.28. The van der Waals surface area contributed by atoms with Gasteiger partial charge in [-0.15, -0.1) is 0 Å². The molecule has 0 aromatic heterocycles. The Morgan fingerprint density at radius 2 is 2.12 bits per heavy atom. The molecule has 146 valence electrons. The lowest BCUT2D eigenvalue weighted by Gasteiger charge is -2.22. The van der Waals surface area contributed by atoms with Crippen molar-refractivity contribution in [2.24, 2.45) is 10.9 Å².